The number of methoxy groups -OCH3 is 2. The van der Waals surface area contributed by atoms with Gasteiger partial charge in [0.1, 0.15) is 0 Å². The molecule has 1 fully saturated rings. The van der Waals surface area contributed by atoms with Gasteiger partial charge in [-0.25, -0.2) is 0 Å². The van der Waals surface area contributed by atoms with Gasteiger partial charge in [0.15, 0.2) is 11.5 Å². The van der Waals surface area contributed by atoms with Crippen LogP contribution >= 0.6 is 0 Å². The number of unbranched alkanes of at least 4 members (excludes halogenated alkanes) is 4. The zero-order valence-electron chi connectivity index (χ0n) is 18.6. The fourth-order valence-electron chi connectivity index (χ4n) is 3.70. The summed E-state index contributed by atoms with van der Waals surface area (Å²) >= 11 is 0. The van der Waals surface area contributed by atoms with Crippen LogP contribution in [0.25, 0.3) is 0 Å². The molecule has 7 heteroatoms. The number of nitrogens with one attached hydrogen (secondary N) is 1. The highest BCUT2D eigenvalue weighted by atomic mass is 16.5. The van der Waals surface area contributed by atoms with Crippen LogP contribution in [0.5, 0.6) is 11.5 Å². The Morgan fingerprint density at radius 3 is 2.43 bits per heavy atom. The third kappa shape index (κ3) is 7.29. The van der Waals surface area contributed by atoms with E-state index in [1.807, 2.05) is 18.2 Å². The first kappa shape index (κ1) is 24.2. The van der Waals surface area contributed by atoms with Crippen molar-refractivity contribution in [1.29, 1.82) is 0 Å². The number of ketones is 1. The molecule has 30 heavy (non-hydrogen) atoms. The second-order valence-corrected chi connectivity index (χ2v) is 7.58. The summed E-state index contributed by atoms with van der Waals surface area (Å²) in [5.41, 5.74) is 1.00. The lowest BCUT2D eigenvalue weighted by molar-refractivity contribution is -0.138. The number of carbonyl (C=O) groups excluding carboxylic acids is 2. The van der Waals surface area contributed by atoms with Gasteiger partial charge in [0.25, 0.3) is 5.91 Å². The summed E-state index contributed by atoms with van der Waals surface area (Å²) in [5, 5.41) is 2.85. The molecule has 0 saturated carbocycles. The van der Waals surface area contributed by atoms with Crippen LogP contribution in [0.1, 0.15) is 57.1 Å². The summed E-state index contributed by atoms with van der Waals surface area (Å²) in [7, 11) is 3.21. The molecule has 1 heterocycles. The zero-order valence-corrected chi connectivity index (χ0v) is 18.6. The average Bonchev–Trinajstić information content (AvgIpc) is 2.79. The third-order valence-corrected chi connectivity index (χ3v) is 5.50. The summed E-state index contributed by atoms with van der Waals surface area (Å²) in [4.78, 5) is 26.8. The minimum absolute atomic E-state index is 0.0741. The van der Waals surface area contributed by atoms with E-state index in [9.17, 15) is 9.59 Å². The maximum absolute atomic E-state index is 12.4. The van der Waals surface area contributed by atoms with Crippen molar-refractivity contribution >= 4 is 11.7 Å². The van der Waals surface area contributed by atoms with Crippen LogP contribution in [0.2, 0.25) is 0 Å². The molecule has 1 aliphatic rings. The number of carbonyl (C=O) groups is 2. The molecule has 2 rings (SSSR count). The highest BCUT2D eigenvalue weighted by Gasteiger charge is 2.25. The van der Waals surface area contributed by atoms with E-state index in [0.29, 0.717) is 37.7 Å². The SMILES string of the molecule is CCCCCCCC(=O)C(=O)NC[C@H](c1ccc(OC)c(OC)c1)N1CCOCC1. The van der Waals surface area contributed by atoms with Crippen molar-refractivity contribution in [2.45, 2.75) is 51.5 Å². The van der Waals surface area contributed by atoms with E-state index >= 15 is 0 Å². The molecule has 1 atom stereocenters. The van der Waals surface area contributed by atoms with Gasteiger partial charge in [0.05, 0.1) is 33.5 Å². The number of hydrogen-bond acceptors (Lipinski definition) is 6. The highest BCUT2D eigenvalue weighted by Crippen LogP contribution is 2.32. The molecule has 0 aliphatic carbocycles. The Morgan fingerprint density at radius 1 is 1.07 bits per heavy atom. The third-order valence-electron chi connectivity index (χ3n) is 5.50. The van der Waals surface area contributed by atoms with E-state index in [-0.39, 0.29) is 11.8 Å². The normalized spacial score (nSPS) is 15.4. The molecular formula is C23H36N2O5. The molecule has 1 aliphatic heterocycles. The Hall–Kier alpha value is -2.12. The molecule has 168 valence electrons. The molecular weight excluding hydrogens is 384 g/mol. The molecule has 0 unspecified atom stereocenters. The predicted molar refractivity (Wildman–Crippen MR) is 116 cm³/mol. The Bertz CT molecular complexity index is 674. The minimum atomic E-state index is -0.496. The van der Waals surface area contributed by atoms with Crippen LogP contribution in [-0.2, 0) is 14.3 Å². The van der Waals surface area contributed by atoms with Gasteiger partial charge in [-0.05, 0) is 24.1 Å². The molecule has 0 radical (unpaired) electrons. The van der Waals surface area contributed by atoms with Crippen molar-refractivity contribution in [2.75, 3.05) is 47.1 Å². The number of amides is 1. The lowest BCUT2D eigenvalue weighted by atomic mass is 10.0. The summed E-state index contributed by atoms with van der Waals surface area (Å²) < 4.78 is 16.3. The fourth-order valence-corrected chi connectivity index (χ4v) is 3.70. The number of hydrogen-bond donors (Lipinski definition) is 1. The van der Waals surface area contributed by atoms with Gasteiger partial charge in [0, 0.05) is 26.1 Å². The Kier molecular flexibility index (Phi) is 10.7. The number of nitrogens with zero attached hydrogens (tertiary/aromatic N) is 1. The summed E-state index contributed by atoms with van der Waals surface area (Å²) in [6, 6.07) is 5.70. The topological polar surface area (TPSA) is 77.1 Å². The number of ether oxygens (including phenoxy) is 3. The number of morpholine rings is 1. The Morgan fingerprint density at radius 2 is 1.77 bits per heavy atom. The number of rotatable bonds is 13. The zero-order chi connectivity index (χ0) is 21.8. The molecule has 1 aromatic carbocycles. The van der Waals surface area contributed by atoms with Gasteiger partial charge in [-0.1, -0.05) is 38.7 Å². The average molecular weight is 421 g/mol. The smallest absolute Gasteiger partial charge is 0.287 e. The second kappa shape index (κ2) is 13.2. The lowest BCUT2D eigenvalue weighted by Crippen LogP contribution is -2.44. The van der Waals surface area contributed by atoms with Crippen LogP contribution in [0, 0.1) is 0 Å². The quantitative estimate of drug-likeness (QED) is 0.390. The van der Waals surface area contributed by atoms with Crippen LogP contribution < -0.4 is 14.8 Å². The van der Waals surface area contributed by atoms with E-state index in [4.69, 9.17) is 14.2 Å². The van der Waals surface area contributed by atoms with E-state index < -0.39 is 5.91 Å². The monoisotopic (exact) mass is 420 g/mol. The minimum Gasteiger partial charge on any atom is -0.493 e. The van der Waals surface area contributed by atoms with Crippen molar-refractivity contribution in [2.24, 2.45) is 0 Å². The summed E-state index contributed by atoms with van der Waals surface area (Å²) in [5.74, 6) is 0.468. The molecule has 1 saturated heterocycles. The molecule has 7 nitrogen and oxygen atoms in total. The summed E-state index contributed by atoms with van der Waals surface area (Å²) in [6.45, 7) is 5.33. The van der Waals surface area contributed by atoms with Crippen LogP contribution in [0.4, 0.5) is 0 Å². The molecule has 1 N–H and O–H groups in total. The highest BCUT2D eigenvalue weighted by molar-refractivity contribution is 6.36. The van der Waals surface area contributed by atoms with Crippen LogP contribution in [0.15, 0.2) is 18.2 Å². The first-order chi connectivity index (χ1) is 14.6. The lowest BCUT2D eigenvalue weighted by Gasteiger charge is -2.35. The number of benzene rings is 1. The predicted octanol–water partition coefficient (Wildman–Crippen LogP) is 3.12. The van der Waals surface area contributed by atoms with Crippen molar-refractivity contribution in [3.05, 3.63) is 23.8 Å². The van der Waals surface area contributed by atoms with Crippen molar-refractivity contribution < 1.29 is 23.8 Å². The fraction of sp³-hybridized carbons (Fsp3) is 0.652. The second-order valence-electron chi connectivity index (χ2n) is 7.58. The molecule has 0 aromatic heterocycles. The van der Waals surface area contributed by atoms with Crippen molar-refractivity contribution in [3.8, 4) is 11.5 Å². The Balaban J connectivity index is 2.00. The van der Waals surface area contributed by atoms with Crippen molar-refractivity contribution in [1.82, 2.24) is 10.2 Å². The van der Waals surface area contributed by atoms with E-state index in [1.54, 1.807) is 14.2 Å². The largest absolute Gasteiger partial charge is 0.493 e. The standard InChI is InChI=1S/C23H36N2O5/c1-4-5-6-7-8-9-20(26)23(27)24-17-19(25-12-14-30-15-13-25)18-10-11-21(28-2)22(16-18)29-3/h10-11,16,19H,4-9,12-15,17H2,1-3H3,(H,24,27)/t19-/m1/s1. The Labute approximate surface area is 180 Å². The van der Waals surface area contributed by atoms with E-state index in [0.717, 1.165) is 44.3 Å². The van der Waals surface area contributed by atoms with Gasteiger partial charge in [-0.2, -0.15) is 0 Å². The maximum Gasteiger partial charge on any atom is 0.287 e. The number of Topliss-reactive ketones (excluding diaryl/α,β-unsaturated/α-hetero) is 1. The molecule has 1 amide bonds. The first-order valence-corrected chi connectivity index (χ1v) is 11.0. The molecule has 0 spiro atoms. The maximum atomic E-state index is 12.4. The van der Waals surface area contributed by atoms with Crippen LogP contribution in [-0.4, -0.2) is 63.7 Å². The van der Waals surface area contributed by atoms with Gasteiger partial charge >= 0.3 is 0 Å². The van der Waals surface area contributed by atoms with Gasteiger partial charge in [-0.3, -0.25) is 14.5 Å². The first-order valence-electron chi connectivity index (χ1n) is 11.0. The molecule has 0 bridgehead atoms. The van der Waals surface area contributed by atoms with Crippen molar-refractivity contribution in [3.63, 3.8) is 0 Å². The van der Waals surface area contributed by atoms with E-state index in [1.165, 1.54) is 6.42 Å². The van der Waals surface area contributed by atoms with E-state index in [2.05, 4.69) is 17.1 Å². The van der Waals surface area contributed by atoms with Crippen LogP contribution in [0.3, 0.4) is 0 Å². The van der Waals surface area contributed by atoms with Gasteiger partial charge in [0.2, 0.25) is 5.78 Å². The summed E-state index contributed by atoms with van der Waals surface area (Å²) in [6.07, 6.45) is 5.53. The van der Waals surface area contributed by atoms with Gasteiger partial charge in [-0.15, -0.1) is 0 Å². The molecule has 1 aromatic rings. The van der Waals surface area contributed by atoms with Gasteiger partial charge < -0.3 is 19.5 Å².